The van der Waals surface area contributed by atoms with E-state index in [1.807, 2.05) is 31.2 Å². The van der Waals surface area contributed by atoms with Crippen LogP contribution in [0.25, 0.3) is 0 Å². The van der Waals surface area contributed by atoms with E-state index in [0.29, 0.717) is 18.8 Å². The number of nitrogens with one attached hydrogen (secondary N) is 1. The Hall–Kier alpha value is -2.49. The summed E-state index contributed by atoms with van der Waals surface area (Å²) in [6, 6.07) is 14.6. The van der Waals surface area contributed by atoms with Gasteiger partial charge in [0.05, 0.1) is 5.56 Å². The number of carboxylic acid groups (broad SMARTS) is 1. The number of anilines is 1. The van der Waals surface area contributed by atoms with Crippen LogP contribution < -0.4 is 10.1 Å². The average molecular weight is 271 g/mol. The minimum absolute atomic E-state index is 0.267. The van der Waals surface area contributed by atoms with E-state index >= 15 is 0 Å². The summed E-state index contributed by atoms with van der Waals surface area (Å²) in [4.78, 5) is 11.0. The van der Waals surface area contributed by atoms with Gasteiger partial charge in [-0.3, -0.25) is 0 Å². The predicted molar refractivity (Wildman–Crippen MR) is 78.6 cm³/mol. The van der Waals surface area contributed by atoms with Crippen LogP contribution in [-0.4, -0.2) is 24.2 Å². The lowest BCUT2D eigenvalue weighted by molar-refractivity contribution is 0.0698. The maximum absolute atomic E-state index is 11.0. The largest absolute Gasteiger partial charge is 0.492 e. The molecule has 2 N–H and O–H groups in total. The second-order valence-corrected chi connectivity index (χ2v) is 4.44. The van der Waals surface area contributed by atoms with Crippen molar-refractivity contribution in [2.45, 2.75) is 6.92 Å². The normalized spacial score (nSPS) is 10.1. The van der Waals surface area contributed by atoms with Gasteiger partial charge in [-0.2, -0.15) is 0 Å². The Labute approximate surface area is 118 Å². The summed E-state index contributed by atoms with van der Waals surface area (Å²) in [5.41, 5.74) is 2.06. The van der Waals surface area contributed by atoms with Gasteiger partial charge >= 0.3 is 5.97 Å². The molecule has 0 bridgehead atoms. The number of aryl methyl sites for hydroxylation is 1. The lowest BCUT2D eigenvalue weighted by atomic mass is 10.2. The van der Waals surface area contributed by atoms with Crippen LogP contribution in [0, 0.1) is 6.92 Å². The summed E-state index contributed by atoms with van der Waals surface area (Å²) >= 11 is 0. The second kappa shape index (κ2) is 6.61. The maximum Gasteiger partial charge on any atom is 0.337 e. The summed E-state index contributed by atoms with van der Waals surface area (Å²) < 4.78 is 5.57. The molecule has 0 aliphatic carbocycles. The highest BCUT2D eigenvalue weighted by molar-refractivity contribution is 5.94. The van der Waals surface area contributed by atoms with Crippen molar-refractivity contribution in [3.63, 3.8) is 0 Å². The standard InChI is InChI=1S/C16H17NO3/c1-12-6-8-13(9-7-12)20-11-10-17-15-5-3-2-4-14(15)16(18)19/h2-9,17H,10-11H2,1H3,(H,18,19). The third-order valence-electron chi connectivity index (χ3n) is 2.86. The molecule has 4 nitrogen and oxygen atoms in total. The molecular formula is C16H17NO3. The van der Waals surface area contributed by atoms with Gasteiger partial charge in [-0.25, -0.2) is 4.79 Å². The SMILES string of the molecule is Cc1ccc(OCCNc2ccccc2C(=O)O)cc1. The molecule has 0 saturated carbocycles. The molecule has 0 aliphatic heterocycles. The van der Waals surface area contributed by atoms with Crippen molar-refractivity contribution in [1.82, 2.24) is 0 Å². The first-order chi connectivity index (χ1) is 9.66. The first kappa shape index (κ1) is 13.9. The highest BCUT2D eigenvalue weighted by Crippen LogP contribution is 2.15. The minimum Gasteiger partial charge on any atom is -0.492 e. The van der Waals surface area contributed by atoms with E-state index in [0.717, 1.165) is 5.75 Å². The number of benzene rings is 2. The van der Waals surface area contributed by atoms with Crippen molar-refractivity contribution in [1.29, 1.82) is 0 Å². The van der Waals surface area contributed by atoms with Crippen molar-refractivity contribution in [3.8, 4) is 5.75 Å². The molecule has 2 aromatic carbocycles. The summed E-state index contributed by atoms with van der Waals surface area (Å²) in [5.74, 6) is -0.128. The number of para-hydroxylation sites is 1. The Balaban J connectivity index is 1.84. The number of carbonyl (C=O) groups is 1. The van der Waals surface area contributed by atoms with Crippen LogP contribution in [0.2, 0.25) is 0 Å². The topological polar surface area (TPSA) is 58.6 Å². The number of aromatic carboxylic acids is 1. The Kier molecular flexibility index (Phi) is 4.60. The van der Waals surface area contributed by atoms with Crippen LogP contribution in [0.4, 0.5) is 5.69 Å². The summed E-state index contributed by atoms with van der Waals surface area (Å²) in [6.45, 7) is 3.03. The molecule has 0 aromatic heterocycles. The van der Waals surface area contributed by atoms with E-state index in [-0.39, 0.29) is 5.56 Å². The molecule has 2 rings (SSSR count). The van der Waals surface area contributed by atoms with E-state index in [4.69, 9.17) is 9.84 Å². The van der Waals surface area contributed by atoms with E-state index in [1.165, 1.54) is 5.56 Å². The lowest BCUT2D eigenvalue weighted by Crippen LogP contribution is -2.13. The minimum atomic E-state index is -0.937. The van der Waals surface area contributed by atoms with Gasteiger partial charge in [0.1, 0.15) is 12.4 Å². The first-order valence-electron chi connectivity index (χ1n) is 6.42. The molecule has 104 valence electrons. The van der Waals surface area contributed by atoms with Crippen molar-refractivity contribution in [2.75, 3.05) is 18.5 Å². The summed E-state index contributed by atoms with van der Waals surface area (Å²) in [6.07, 6.45) is 0. The molecule has 0 heterocycles. The van der Waals surface area contributed by atoms with Crippen LogP contribution in [0.15, 0.2) is 48.5 Å². The Morgan fingerprint density at radius 2 is 1.85 bits per heavy atom. The molecule has 0 atom stereocenters. The monoisotopic (exact) mass is 271 g/mol. The molecule has 0 unspecified atom stereocenters. The molecule has 2 aromatic rings. The van der Waals surface area contributed by atoms with Crippen LogP contribution in [0.3, 0.4) is 0 Å². The van der Waals surface area contributed by atoms with Crippen LogP contribution >= 0.6 is 0 Å². The van der Waals surface area contributed by atoms with E-state index in [9.17, 15) is 4.79 Å². The van der Waals surface area contributed by atoms with E-state index in [1.54, 1.807) is 24.3 Å². The van der Waals surface area contributed by atoms with E-state index in [2.05, 4.69) is 5.32 Å². The number of hydrogen-bond acceptors (Lipinski definition) is 3. The summed E-state index contributed by atoms with van der Waals surface area (Å²) in [7, 11) is 0. The molecule has 0 aliphatic rings. The number of rotatable bonds is 6. The average Bonchev–Trinajstić information content (AvgIpc) is 2.46. The molecule has 0 radical (unpaired) electrons. The van der Waals surface area contributed by atoms with Gasteiger partial charge in [-0.05, 0) is 31.2 Å². The predicted octanol–water partition coefficient (Wildman–Crippen LogP) is 3.18. The van der Waals surface area contributed by atoms with Crippen molar-refractivity contribution >= 4 is 11.7 Å². The Morgan fingerprint density at radius 1 is 1.15 bits per heavy atom. The highest BCUT2D eigenvalue weighted by Gasteiger charge is 2.07. The number of ether oxygens (including phenoxy) is 1. The zero-order valence-corrected chi connectivity index (χ0v) is 11.3. The van der Waals surface area contributed by atoms with Crippen LogP contribution in [-0.2, 0) is 0 Å². The quantitative estimate of drug-likeness (QED) is 0.792. The maximum atomic E-state index is 11.0. The second-order valence-electron chi connectivity index (χ2n) is 4.44. The molecule has 4 heteroatoms. The zero-order chi connectivity index (χ0) is 14.4. The van der Waals surface area contributed by atoms with Gasteiger partial charge in [0.15, 0.2) is 0 Å². The van der Waals surface area contributed by atoms with E-state index < -0.39 is 5.97 Å². The van der Waals surface area contributed by atoms with Gasteiger partial charge in [-0.1, -0.05) is 29.8 Å². The van der Waals surface area contributed by atoms with Gasteiger partial charge in [0.2, 0.25) is 0 Å². The lowest BCUT2D eigenvalue weighted by Gasteiger charge is -2.10. The molecule has 0 spiro atoms. The Morgan fingerprint density at radius 3 is 2.55 bits per heavy atom. The fourth-order valence-corrected chi connectivity index (χ4v) is 1.81. The number of carboxylic acids is 1. The smallest absolute Gasteiger partial charge is 0.337 e. The van der Waals surface area contributed by atoms with Gasteiger partial charge in [0.25, 0.3) is 0 Å². The van der Waals surface area contributed by atoms with Crippen LogP contribution in [0.1, 0.15) is 15.9 Å². The summed E-state index contributed by atoms with van der Waals surface area (Å²) in [5, 5.41) is 12.1. The van der Waals surface area contributed by atoms with Crippen molar-refractivity contribution in [2.24, 2.45) is 0 Å². The van der Waals surface area contributed by atoms with Gasteiger partial charge in [0, 0.05) is 12.2 Å². The third-order valence-corrected chi connectivity index (χ3v) is 2.86. The molecule has 0 fully saturated rings. The zero-order valence-electron chi connectivity index (χ0n) is 11.3. The fraction of sp³-hybridized carbons (Fsp3) is 0.188. The molecule has 0 saturated heterocycles. The first-order valence-corrected chi connectivity index (χ1v) is 6.42. The Bertz CT molecular complexity index is 579. The van der Waals surface area contributed by atoms with Gasteiger partial charge in [-0.15, -0.1) is 0 Å². The van der Waals surface area contributed by atoms with Gasteiger partial charge < -0.3 is 15.2 Å². The molecule has 20 heavy (non-hydrogen) atoms. The molecule has 0 amide bonds. The third kappa shape index (κ3) is 3.75. The fourth-order valence-electron chi connectivity index (χ4n) is 1.81. The van der Waals surface area contributed by atoms with Crippen LogP contribution in [0.5, 0.6) is 5.75 Å². The van der Waals surface area contributed by atoms with Crippen molar-refractivity contribution < 1.29 is 14.6 Å². The number of hydrogen-bond donors (Lipinski definition) is 2. The highest BCUT2D eigenvalue weighted by atomic mass is 16.5. The van der Waals surface area contributed by atoms with Crippen molar-refractivity contribution in [3.05, 3.63) is 59.7 Å². The molecular weight excluding hydrogens is 254 g/mol.